The Morgan fingerprint density at radius 3 is 2.71 bits per heavy atom. The van der Waals surface area contributed by atoms with Gasteiger partial charge in [-0.3, -0.25) is 18.9 Å². The van der Waals surface area contributed by atoms with E-state index in [1.807, 2.05) is 13.0 Å². The molecule has 1 aliphatic carbocycles. The fraction of sp³-hybridized carbons (Fsp3) is 0.519. The van der Waals surface area contributed by atoms with Crippen molar-refractivity contribution in [3.05, 3.63) is 47.4 Å². The summed E-state index contributed by atoms with van der Waals surface area (Å²) in [5, 5.41) is 14.8. The highest BCUT2D eigenvalue weighted by atomic mass is 19.3. The van der Waals surface area contributed by atoms with Gasteiger partial charge >= 0.3 is 12.1 Å². The van der Waals surface area contributed by atoms with E-state index in [1.54, 1.807) is 32.5 Å². The van der Waals surface area contributed by atoms with E-state index in [-0.39, 0.29) is 32.0 Å². The number of fused-ring (bicyclic) bond motifs is 1. The number of methoxy groups -OCH3 is 1. The molecule has 2 fully saturated rings. The highest BCUT2D eigenvalue weighted by Crippen LogP contribution is 2.60. The normalized spacial score (nSPS) is 20.4. The quantitative estimate of drug-likeness (QED) is 0.430. The second-order valence-corrected chi connectivity index (χ2v) is 10.5. The van der Waals surface area contributed by atoms with Crippen molar-refractivity contribution in [1.82, 2.24) is 19.2 Å². The highest BCUT2D eigenvalue weighted by Gasteiger charge is 2.58. The number of rotatable bonds is 7. The average Bonchev–Trinajstić information content (AvgIpc) is 3.48. The maximum absolute atomic E-state index is 14.0. The van der Waals surface area contributed by atoms with Gasteiger partial charge in [0.2, 0.25) is 5.92 Å². The van der Waals surface area contributed by atoms with E-state index in [9.17, 15) is 23.5 Å². The first-order chi connectivity index (χ1) is 18.0. The lowest BCUT2D eigenvalue weighted by molar-refractivity contribution is -0.186. The van der Waals surface area contributed by atoms with Gasteiger partial charge in [-0.1, -0.05) is 0 Å². The van der Waals surface area contributed by atoms with E-state index in [2.05, 4.69) is 10.00 Å². The molecule has 0 radical (unpaired) electrons. The molecule has 9 nitrogen and oxygen atoms in total. The minimum absolute atomic E-state index is 0.0289. The Morgan fingerprint density at radius 2 is 2.05 bits per heavy atom. The summed E-state index contributed by atoms with van der Waals surface area (Å²) in [6.07, 6.45) is 4.87. The van der Waals surface area contributed by atoms with E-state index in [1.165, 1.54) is 15.4 Å². The first kappa shape index (κ1) is 26.1. The lowest BCUT2D eigenvalue weighted by Crippen LogP contribution is -2.53. The van der Waals surface area contributed by atoms with Gasteiger partial charge in [-0.2, -0.15) is 5.10 Å². The molecular weight excluding hydrogens is 498 g/mol. The molecule has 1 aromatic carbocycles. The summed E-state index contributed by atoms with van der Waals surface area (Å²) < 4.78 is 41.4. The number of aryl methyl sites for hydroxylation is 1. The van der Waals surface area contributed by atoms with Crippen LogP contribution >= 0.6 is 0 Å². The van der Waals surface area contributed by atoms with Gasteiger partial charge in [0, 0.05) is 54.3 Å². The van der Waals surface area contributed by atoms with Gasteiger partial charge in [-0.25, -0.2) is 13.6 Å². The fourth-order valence-electron chi connectivity index (χ4n) is 6.31. The molecule has 2 aromatic heterocycles. The third-order valence-electron chi connectivity index (χ3n) is 7.92. The molecule has 2 aliphatic rings. The summed E-state index contributed by atoms with van der Waals surface area (Å²) >= 11 is 0. The maximum Gasteiger partial charge on any atom is 0.416 e. The first-order valence-electron chi connectivity index (χ1n) is 12.8. The minimum atomic E-state index is -2.63. The number of ether oxygens (including phenoxy) is 2. The summed E-state index contributed by atoms with van der Waals surface area (Å²) in [6.45, 7) is 4.85. The van der Waals surface area contributed by atoms with Crippen molar-refractivity contribution in [3.63, 3.8) is 0 Å². The molecule has 0 amide bonds. The zero-order valence-corrected chi connectivity index (χ0v) is 21.7. The van der Waals surface area contributed by atoms with Gasteiger partial charge < -0.3 is 14.6 Å². The molecule has 1 spiro atoms. The van der Waals surface area contributed by atoms with Crippen LogP contribution in [0, 0.1) is 12.3 Å². The van der Waals surface area contributed by atoms with Crippen molar-refractivity contribution in [2.75, 3.05) is 20.3 Å². The number of halogens is 2. The summed E-state index contributed by atoms with van der Waals surface area (Å²) in [5.41, 5.74) is 2.62. The zero-order valence-electron chi connectivity index (χ0n) is 21.7. The molecule has 11 heteroatoms. The molecular formula is C27H32F2N4O5. The summed E-state index contributed by atoms with van der Waals surface area (Å²) in [7, 11) is 1.58. The van der Waals surface area contributed by atoms with Crippen LogP contribution in [0.5, 0.6) is 5.75 Å². The number of benzene rings is 1. The summed E-state index contributed by atoms with van der Waals surface area (Å²) in [6, 6.07) is 3.40. The van der Waals surface area contributed by atoms with Gasteiger partial charge in [0.05, 0.1) is 25.4 Å². The first-order valence-corrected chi connectivity index (χ1v) is 12.8. The predicted octanol–water partition coefficient (Wildman–Crippen LogP) is 5.00. The Labute approximate surface area is 218 Å². The molecule has 3 heterocycles. The van der Waals surface area contributed by atoms with E-state index in [0.717, 1.165) is 22.1 Å². The third kappa shape index (κ3) is 4.75. The topological polar surface area (TPSA) is 98.8 Å². The number of hydrogen-bond acceptors (Lipinski definition) is 6. The van der Waals surface area contributed by atoms with Crippen LogP contribution in [0.2, 0.25) is 0 Å². The molecule has 1 aliphatic heterocycles. The number of carbonyl (C=O) groups is 2. The molecule has 204 valence electrons. The number of hydrogen-bond donors (Lipinski definition) is 1. The Hall–Kier alpha value is -3.47. The van der Waals surface area contributed by atoms with Crippen molar-refractivity contribution >= 4 is 23.0 Å². The molecule has 1 saturated carbocycles. The number of nitrogens with zero attached hydrogens (tertiary/aromatic N) is 4. The van der Waals surface area contributed by atoms with Gasteiger partial charge in [0.25, 0.3) is 0 Å². The zero-order chi connectivity index (χ0) is 27.2. The van der Waals surface area contributed by atoms with Crippen LogP contribution in [-0.4, -0.2) is 62.6 Å². The van der Waals surface area contributed by atoms with Crippen molar-refractivity contribution in [1.29, 1.82) is 0 Å². The Kier molecular flexibility index (Phi) is 6.66. The molecule has 1 atom stereocenters. The van der Waals surface area contributed by atoms with Crippen molar-refractivity contribution in [2.24, 2.45) is 5.41 Å². The lowest BCUT2D eigenvalue weighted by atomic mass is 9.59. The van der Waals surface area contributed by atoms with Crippen LogP contribution in [-0.2, 0) is 22.6 Å². The Balaban J connectivity index is 1.50. The van der Waals surface area contributed by atoms with E-state index in [4.69, 9.17) is 9.47 Å². The highest BCUT2D eigenvalue weighted by molar-refractivity contribution is 5.94. The second-order valence-electron chi connectivity index (χ2n) is 10.5. The van der Waals surface area contributed by atoms with Crippen molar-refractivity contribution in [3.8, 4) is 5.75 Å². The second kappa shape index (κ2) is 9.68. The molecule has 3 aromatic rings. The standard InChI is InChI=1S/C27H32F2N4O5/c1-4-38-23(34)14-32-12-18(11-30-32)21-10-26(15-27(28,29)16-26)6-8-31(21)13-20-19-5-7-33(25(35)36)24(19)17(2)9-22(20)37-3/h5,7,9,11-12,21H,4,6,8,10,13-16H2,1-3H3,(H,35,36)/t21-/m0/s1. The van der Waals surface area contributed by atoms with Crippen molar-refractivity contribution in [2.45, 2.75) is 64.6 Å². The number of carbonyl (C=O) groups excluding carboxylic acids is 1. The fourth-order valence-corrected chi connectivity index (χ4v) is 6.31. The van der Waals surface area contributed by atoms with Gasteiger partial charge in [0.15, 0.2) is 0 Å². The number of carboxylic acid groups (broad SMARTS) is 1. The summed E-state index contributed by atoms with van der Waals surface area (Å²) in [5.74, 6) is -2.38. The number of esters is 1. The van der Waals surface area contributed by atoms with Gasteiger partial charge in [-0.05, 0) is 56.3 Å². The molecule has 0 unspecified atom stereocenters. The van der Waals surface area contributed by atoms with Crippen LogP contribution in [0.15, 0.2) is 30.7 Å². The Bertz CT molecular complexity index is 1370. The van der Waals surface area contributed by atoms with Crippen LogP contribution in [0.25, 0.3) is 10.9 Å². The van der Waals surface area contributed by atoms with Crippen LogP contribution in [0.4, 0.5) is 13.6 Å². The molecule has 1 saturated heterocycles. The molecule has 1 N–H and O–H groups in total. The monoisotopic (exact) mass is 530 g/mol. The number of likely N-dealkylation sites (tertiary alicyclic amines) is 1. The third-order valence-corrected chi connectivity index (χ3v) is 7.92. The van der Waals surface area contributed by atoms with Crippen LogP contribution in [0.3, 0.4) is 0 Å². The molecule has 0 bridgehead atoms. The largest absolute Gasteiger partial charge is 0.496 e. The lowest BCUT2D eigenvalue weighted by Gasteiger charge is -2.54. The van der Waals surface area contributed by atoms with E-state index < -0.39 is 23.4 Å². The van der Waals surface area contributed by atoms with Crippen LogP contribution in [0.1, 0.15) is 55.3 Å². The minimum Gasteiger partial charge on any atom is -0.496 e. The number of piperidine rings is 1. The maximum atomic E-state index is 14.0. The van der Waals surface area contributed by atoms with Gasteiger partial charge in [-0.15, -0.1) is 0 Å². The molecule has 5 rings (SSSR count). The van der Waals surface area contributed by atoms with E-state index >= 15 is 0 Å². The number of aromatic nitrogens is 3. The summed E-state index contributed by atoms with van der Waals surface area (Å²) in [4.78, 5) is 26.0. The average molecular weight is 531 g/mol. The smallest absolute Gasteiger partial charge is 0.416 e. The predicted molar refractivity (Wildman–Crippen MR) is 135 cm³/mol. The van der Waals surface area contributed by atoms with Crippen molar-refractivity contribution < 1.29 is 33.0 Å². The van der Waals surface area contributed by atoms with Gasteiger partial charge in [0.1, 0.15) is 12.3 Å². The van der Waals surface area contributed by atoms with Crippen LogP contribution < -0.4 is 4.74 Å². The Morgan fingerprint density at radius 1 is 1.29 bits per heavy atom. The number of alkyl halides is 2. The molecule has 38 heavy (non-hydrogen) atoms. The SMILES string of the molecule is CCOC(=O)Cn1cc([C@@H]2CC3(CCN2Cc2c(OC)cc(C)c4c2ccn4C(=O)O)CC(F)(F)C3)cn1. The van der Waals surface area contributed by atoms with E-state index in [0.29, 0.717) is 37.2 Å².